The number of aliphatic hydroxyl groups excluding tert-OH is 1. The Labute approximate surface area is 147 Å². The van der Waals surface area contributed by atoms with E-state index in [-0.39, 0.29) is 12.0 Å². The fraction of sp³-hybridized carbons (Fsp3) is 0.350. The minimum atomic E-state index is -0.207. The van der Waals surface area contributed by atoms with Crippen molar-refractivity contribution in [1.29, 1.82) is 0 Å². The molecule has 0 radical (unpaired) electrons. The van der Waals surface area contributed by atoms with Gasteiger partial charge < -0.3 is 10.4 Å². The number of hydrogen-bond donors (Lipinski definition) is 2. The molecule has 2 atom stereocenters. The molecule has 1 saturated carbocycles. The topological polar surface area (TPSA) is 49.3 Å². The van der Waals surface area contributed by atoms with E-state index < -0.39 is 0 Å². The highest BCUT2D eigenvalue weighted by Gasteiger charge is 2.21. The number of amides is 1. The lowest BCUT2D eigenvalue weighted by molar-refractivity contribution is 0.0871. The second-order valence-electron chi connectivity index (χ2n) is 6.31. The molecule has 3 rings (SSSR count). The third kappa shape index (κ3) is 4.62. The van der Waals surface area contributed by atoms with Crippen molar-refractivity contribution in [1.82, 2.24) is 5.32 Å². The quantitative estimate of drug-likeness (QED) is 0.860. The highest BCUT2D eigenvalue weighted by Crippen LogP contribution is 2.30. The van der Waals surface area contributed by atoms with E-state index in [1.165, 1.54) is 0 Å². The average molecular weight is 341 g/mol. The molecule has 126 valence electrons. The molecule has 2 N–H and O–H groups in total. The number of aliphatic hydroxyl groups is 1. The van der Waals surface area contributed by atoms with Gasteiger partial charge in [-0.3, -0.25) is 4.79 Å². The predicted octanol–water partition coefficient (Wildman–Crippen LogP) is 4.12. The van der Waals surface area contributed by atoms with Crippen molar-refractivity contribution in [2.75, 3.05) is 6.54 Å². The van der Waals surface area contributed by atoms with E-state index in [4.69, 9.17) is 0 Å². The van der Waals surface area contributed by atoms with Gasteiger partial charge in [0.2, 0.25) is 0 Å². The Morgan fingerprint density at radius 1 is 1.08 bits per heavy atom. The lowest BCUT2D eigenvalue weighted by Crippen LogP contribution is -2.33. The Morgan fingerprint density at radius 2 is 1.83 bits per heavy atom. The molecule has 0 aliphatic heterocycles. The fourth-order valence-corrected chi connectivity index (χ4v) is 4.10. The van der Waals surface area contributed by atoms with Crippen LogP contribution in [0, 0.1) is 5.92 Å². The molecule has 4 heteroatoms. The van der Waals surface area contributed by atoms with Crippen LogP contribution >= 0.6 is 11.8 Å². The van der Waals surface area contributed by atoms with E-state index in [1.54, 1.807) is 11.8 Å². The number of carbonyl (C=O) groups is 1. The largest absolute Gasteiger partial charge is 0.393 e. The summed E-state index contributed by atoms with van der Waals surface area (Å²) in [4.78, 5) is 14.7. The molecule has 2 aromatic rings. The molecule has 0 aromatic heterocycles. The highest BCUT2D eigenvalue weighted by atomic mass is 32.2. The summed E-state index contributed by atoms with van der Waals surface area (Å²) < 4.78 is 0. The van der Waals surface area contributed by atoms with E-state index in [1.807, 2.05) is 54.6 Å². The zero-order valence-corrected chi connectivity index (χ0v) is 14.5. The van der Waals surface area contributed by atoms with Crippen molar-refractivity contribution >= 4 is 17.7 Å². The van der Waals surface area contributed by atoms with Crippen LogP contribution in [0.5, 0.6) is 0 Å². The van der Waals surface area contributed by atoms with Crippen LogP contribution < -0.4 is 5.32 Å². The van der Waals surface area contributed by atoms with Gasteiger partial charge in [-0.15, -0.1) is 0 Å². The molecule has 1 fully saturated rings. The van der Waals surface area contributed by atoms with E-state index in [9.17, 15) is 9.90 Å². The summed E-state index contributed by atoms with van der Waals surface area (Å²) in [6, 6.07) is 17.8. The van der Waals surface area contributed by atoms with Gasteiger partial charge in [-0.05, 0) is 49.4 Å². The van der Waals surface area contributed by atoms with Crippen molar-refractivity contribution in [2.45, 2.75) is 41.6 Å². The maximum absolute atomic E-state index is 12.6. The minimum Gasteiger partial charge on any atom is -0.393 e. The molecule has 1 aliphatic carbocycles. The molecule has 24 heavy (non-hydrogen) atoms. The summed E-state index contributed by atoms with van der Waals surface area (Å²) in [6.45, 7) is 0.639. The molecular formula is C20H23NO2S. The van der Waals surface area contributed by atoms with Gasteiger partial charge in [-0.25, -0.2) is 0 Å². The van der Waals surface area contributed by atoms with Crippen LogP contribution in [-0.4, -0.2) is 23.7 Å². The molecule has 2 aromatic carbocycles. The molecule has 1 aliphatic rings. The Hall–Kier alpha value is -1.78. The maximum atomic E-state index is 12.6. The van der Waals surface area contributed by atoms with Gasteiger partial charge in [-0.1, -0.05) is 48.5 Å². The summed E-state index contributed by atoms with van der Waals surface area (Å²) >= 11 is 1.60. The Kier molecular flexibility index (Phi) is 5.94. The van der Waals surface area contributed by atoms with Crippen LogP contribution in [0.1, 0.15) is 36.0 Å². The minimum absolute atomic E-state index is 0.0332. The fourth-order valence-electron chi connectivity index (χ4n) is 3.14. The van der Waals surface area contributed by atoms with Crippen LogP contribution in [0.3, 0.4) is 0 Å². The van der Waals surface area contributed by atoms with Gasteiger partial charge in [-0.2, -0.15) is 0 Å². The first-order valence-electron chi connectivity index (χ1n) is 8.50. The Morgan fingerprint density at radius 3 is 2.62 bits per heavy atom. The zero-order chi connectivity index (χ0) is 16.8. The van der Waals surface area contributed by atoms with Gasteiger partial charge >= 0.3 is 0 Å². The predicted molar refractivity (Wildman–Crippen MR) is 97.3 cm³/mol. The zero-order valence-electron chi connectivity index (χ0n) is 13.7. The summed E-state index contributed by atoms with van der Waals surface area (Å²) in [6.07, 6.45) is 3.60. The third-order valence-corrected chi connectivity index (χ3v) is 5.49. The van der Waals surface area contributed by atoms with Crippen LogP contribution in [-0.2, 0) is 0 Å². The van der Waals surface area contributed by atoms with Crippen molar-refractivity contribution in [3.63, 3.8) is 0 Å². The Balaban J connectivity index is 1.64. The van der Waals surface area contributed by atoms with Crippen molar-refractivity contribution in [3.05, 3.63) is 60.2 Å². The van der Waals surface area contributed by atoms with E-state index in [0.717, 1.165) is 35.5 Å². The molecule has 3 nitrogen and oxygen atoms in total. The second-order valence-corrected chi connectivity index (χ2v) is 7.42. The van der Waals surface area contributed by atoms with Crippen LogP contribution in [0.25, 0.3) is 0 Å². The monoisotopic (exact) mass is 341 g/mol. The summed E-state index contributed by atoms with van der Waals surface area (Å²) in [5, 5.41) is 12.8. The first-order chi connectivity index (χ1) is 11.7. The number of nitrogens with one attached hydrogen (secondary N) is 1. The maximum Gasteiger partial charge on any atom is 0.252 e. The average Bonchev–Trinajstić information content (AvgIpc) is 2.61. The SMILES string of the molecule is O=C(NCC1CCCC(O)C1)c1ccccc1Sc1ccccc1. The summed E-state index contributed by atoms with van der Waals surface area (Å²) in [5.74, 6) is 0.348. The Bertz CT molecular complexity index is 674. The molecule has 0 heterocycles. The van der Waals surface area contributed by atoms with Crippen molar-refractivity contribution in [3.8, 4) is 0 Å². The van der Waals surface area contributed by atoms with Crippen LogP contribution in [0.4, 0.5) is 0 Å². The lowest BCUT2D eigenvalue weighted by atomic mass is 9.87. The van der Waals surface area contributed by atoms with Crippen molar-refractivity contribution in [2.24, 2.45) is 5.92 Å². The first-order valence-corrected chi connectivity index (χ1v) is 9.32. The van der Waals surface area contributed by atoms with Gasteiger partial charge in [0, 0.05) is 16.3 Å². The van der Waals surface area contributed by atoms with Gasteiger partial charge in [0.25, 0.3) is 5.91 Å². The third-order valence-electron chi connectivity index (χ3n) is 4.41. The molecule has 0 bridgehead atoms. The second kappa shape index (κ2) is 8.36. The standard InChI is InChI=1S/C20H23NO2S/c22-16-8-6-7-15(13-16)14-21-20(23)18-11-4-5-12-19(18)24-17-9-2-1-3-10-17/h1-5,9-12,15-16,22H,6-8,13-14H2,(H,21,23). The van der Waals surface area contributed by atoms with Gasteiger partial charge in [0.1, 0.15) is 0 Å². The van der Waals surface area contributed by atoms with E-state index in [0.29, 0.717) is 18.0 Å². The van der Waals surface area contributed by atoms with E-state index >= 15 is 0 Å². The van der Waals surface area contributed by atoms with Gasteiger partial charge in [0.05, 0.1) is 11.7 Å². The molecular weight excluding hydrogens is 318 g/mol. The van der Waals surface area contributed by atoms with Crippen molar-refractivity contribution < 1.29 is 9.90 Å². The van der Waals surface area contributed by atoms with Gasteiger partial charge in [0.15, 0.2) is 0 Å². The van der Waals surface area contributed by atoms with Crippen LogP contribution in [0.2, 0.25) is 0 Å². The first kappa shape index (κ1) is 17.1. The molecule has 2 unspecified atom stereocenters. The summed E-state index contributed by atoms with van der Waals surface area (Å²) in [5.41, 5.74) is 0.711. The number of hydrogen-bond acceptors (Lipinski definition) is 3. The lowest BCUT2D eigenvalue weighted by Gasteiger charge is -2.26. The summed E-state index contributed by atoms with van der Waals surface area (Å²) in [7, 11) is 0. The van der Waals surface area contributed by atoms with Crippen LogP contribution in [0.15, 0.2) is 64.4 Å². The number of carbonyl (C=O) groups excluding carboxylic acids is 1. The van der Waals surface area contributed by atoms with E-state index in [2.05, 4.69) is 5.32 Å². The number of rotatable bonds is 5. The number of benzene rings is 2. The smallest absolute Gasteiger partial charge is 0.252 e. The molecule has 1 amide bonds. The molecule has 0 saturated heterocycles. The highest BCUT2D eigenvalue weighted by molar-refractivity contribution is 7.99. The normalized spacial score (nSPS) is 20.5. The molecule has 0 spiro atoms.